The fourth-order valence-corrected chi connectivity index (χ4v) is 3.36. The number of piperidine rings is 1. The number of carbonyl (C=O) groups is 1. The van der Waals surface area contributed by atoms with Crippen LogP contribution in [0.4, 0.5) is 5.82 Å². The number of rotatable bonds is 4. The number of aromatic nitrogens is 2. The molecule has 1 N–H and O–H groups in total. The van der Waals surface area contributed by atoms with Crippen LogP contribution >= 0.6 is 0 Å². The predicted molar refractivity (Wildman–Crippen MR) is 96.3 cm³/mol. The van der Waals surface area contributed by atoms with Crippen LogP contribution in [-0.4, -0.2) is 48.4 Å². The quantitative estimate of drug-likeness (QED) is 0.900. The summed E-state index contributed by atoms with van der Waals surface area (Å²) < 4.78 is 11.6. The maximum Gasteiger partial charge on any atom is 0.223 e. The summed E-state index contributed by atoms with van der Waals surface area (Å²) in [5.74, 6) is 2.48. The van der Waals surface area contributed by atoms with Gasteiger partial charge in [0.1, 0.15) is 12.7 Å². The van der Waals surface area contributed by atoms with Crippen LogP contribution in [-0.2, 0) is 4.79 Å². The molecule has 0 spiro atoms. The van der Waals surface area contributed by atoms with E-state index in [4.69, 9.17) is 9.47 Å². The van der Waals surface area contributed by atoms with Gasteiger partial charge in [0.05, 0.1) is 6.54 Å². The summed E-state index contributed by atoms with van der Waals surface area (Å²) in [5, 5.41) is 11.1. The molecule has 2 aromatic rings. The number of ether oxygens (including phenoxy) is 2. The molecule has 0 bridgehead atoms. The number of para-hydroxylation sites is 2. The Bertz CT molecular complexity index is 747. The lowest BCUT2D eigenvalue weighted by atomic mass is 9.96. The van der Waals surface area contributed by atoms with Crippen LogP contribution in [0.15, 0.2) is 42.6 Å². The normalized spacial score (nSPS) is 19.8. The molecule has 0 aliphatic carbocycles. The summed E-state index contributed by atoms with van der Waals surface area (Å²) in [5.41, 5.74) is 0. The second-order valence-electron chi connectivity index (χ2n) is 6.59. The number of amides is 1. The Morgan fingerprint density at radius 2 is 1.96 bits per heavy atom. The van der Waals surface area contributed by atoms with Crippen molar-refractivity contribution in [3.8, 4) is 11.5 Å². The van der Waals surface area contributed by atoms with Crippen molar-refractivity contribution in [1.29, 1.82) is 0 Å². The topological polar surface area (TPSA) is 76.6 Å². The predicted octanol–water partition coefficient (Wildman–Crippen LogP) is 1.65. The lowest BCUT2D eigenvalue weighted by Crippen LogP contribution is -2.45. The second kappa shape index (κ2) is 7.59. The lowest BCUT2D eigenvalue weighted by Gasteiger charge is -2.32. The lowest BCUT2D eigenvalue weighted by molar-refractivity contribution is -0.126. The summed E-state index contributed by atoms with van der Waals surface area (Å²) in [7, 11) is 0. The molecule has 1 amide bonds. The number of anilines is 1. The Kier molecular flexibility index (Phi) is 4.86. The van der Waals surface area contributed by atoms with Crippen LogP contribution in [0, 0.1) is 5.92 Å². The zero-order valence-electron chi connectivity index (χ0n) is 14.5. The first-order valence-electron chi connectivity index (χ1n) is 8.98. The van der Waals surface area contributed by atoms with E-state index in [0.29, 0.717) is 13.2 Å². The third kappa shape index (κ3) is 3.71. The van der Waals surface area contributed by atoms with E-state index in [1.807, 2.05) is 36.4 Å². The average molecular weight is 354 g/mol. The van der Waals surface area contributed by atoms with Crippen molar-refractivity contribution < 1.29 is 14.3 Å². The highest BCUT2D eigenvalue weighted by atomic mass is 16.6. The van der Waals surface area contributed by atoms with Gasteiger partial charge in [0.2, 0.25) is 5.91 Å². The van der Waals surface area contributed by atoms with Crippen molar-refractivity contribution in [3.05, 3.63) is 42.6 Å². The summed E-state index contributed by atoms with van der Waals surface area (Å²) >= 11 is 0. The molecule has 136 valence electrons. The number of hydrogen-bond acceptors (Lipinski definition) is 6. The van der Waals surface area contributed by atoms with E-state index in [0.717, 1.165) is 43.2 Å². The Balaban J connectivity index is 1.24. The van der Waals surface area contributed by atoms with Gasteiger partial charge in [-0.15, -0.1) is 5.10 Å². The van der Waals surface area contributed by atoms with Crippen molar-refractivity contribution in [1.82, 2.24) is 15.5 Å². The summed E-state index contributed by atoms with van der Waals surface area (Å²) in [6, 6.07) is 11.4. The molecule has 1 unspecified atom stereocenters. The third-order valence-electron chi connectivity index (χ3n) is 4.82. The first-order chi connectivity index (χ1) is 12.8. The highest BCUT2D eigenvalue weighted by molar-refractivity contribution is 5.79. The molecule has 1 atom stereocenters. The van der Waals surface area contributed by atoms with Crippen LogP contribution in [0.5, 0.6) is 11.5 Å². The first kappa shape index (κ1) is 16.6. The zero-order chi connectivity index (χ0) is 17.8. The standard InChI is InChI=1S/C19H22N4O3/c24-19(14-7-10-23(11-8-14)18-6-3-9-21-22-18)20-12-15-13-25-16-4-1-2-5-17(16)26-15/h1-6,9,14-15H,7-8,10-13H2,(H,20,24). The largest absolute Gasteiger partial charge is 0.486 e. The monoisotopic (exact) mass is 354 g/mol. The van der Waals surface area contributed by atoms with Crippen molar-refractivity contribution >= 4 is 11.7 Å². The van der Waals surface area contributed by atoms with Gasteiger partial charge in [-0.25, -0.2) is 0 Å². The van der Waals surface area contributed by atoms with Crippen molar-refractivity contribution in [3.63, 3.8) is 0 Å². The van der Waals surface area contributed by atoms with Crippen LogP contribution in [0.3, 0.4) is 0 Å². The van der Waals surface area contributed by atoms with E-state index < -0.39 is 0 Å². The van der Waals surface area contributed by atoms with Gasteiger partial charge in [0, 0.05) is 25.2 Å². The van der Waals surface area contributed by atoms with Gasteiger partial charge in [-0.1, -0.05) is 12.1 Å². The van der Waals surface area contributed by atoms with E-state index in [-0.39, 0.29) is 17.9 Å². The van der Waals surface area contributed by atoms with Crippen LogP contribution in [0.2, 0.25) is 0 Å². The van der Waals surface area contributed by atoms with E-state index in [1.54, 1.807) is 6.20 Å². The number of benzene rings is 1. The van der Waals surface area contributed by atoms with Gasteiger partial charge in [-0.05, 0) is 37.1 Å². The minimum absolute atomic E-state index is 0.0275. The highest BCUT2D eigenvalue weighted by Gasteiger charge is 2.27. The molecule has 2 aliphatic heterocycles. The zero-order valence-corrected chi connectivity index (χ0v) is 14.5. The van der Waals surface area contributed by atoms with E-state index >= 15 is 0 Å². The van der Waals surface area contributed by atoms with E-state index in [9.17, 15) is 4.79 Å². The van der Waals surface area contributed by atoms with Crippen molar-refractivity contribution in [2.24, 2.45) is 5.92 Å². The Hall–Kier alpha value is -2.83. The average Bonchev–Trinajstić information content (AvgIpc) is 2.72. The fourth-order valence-electron chi connectivity index (χ4n) is 3.36. The number of nitrogens with zero attached hydrogens (tertiary/aromatic N) is 3. The molecule has 7 nitrogen and oxygen atoms in total. The summed E-state index contributed by atoms with van der Waals surface area (Å²) in [4.78, 5) is 14.6. The molecule has 1 aromatic heterocycles. The number of carbonyl (C=O) groups excluding carboxylic acids is 1. The van der Waals surface area contributed by atoms with Crippen LogP contribution in [0.25, 0.3) is 0 Å². The molecule has 1 aromatic carbocycles. The maximum absolute atomic E-state index is 12.5. The van der Waals surface area contributed by atoms with Crippen molar-refractivity contribution in [2.45, 2.75) is 18.9 Å². The Morgan fingerprint density at radius 3 is 2.73 bits per heavy atom. The molecule has 7 heteroatoms. The maximum atomic E-state index is 12.5. The van der Waals surface area contributed by atoms with Crippen LogP contribution in [0.1, 0.15) is 12.8 Å². The highest BCUT2D eigenvalue weighted by Crippen LogP contribution is 2.30. The molecule has 3 heterocycles. The number of nitrogens with one attached hydrogen (secondary N) is 1. The molecule has 1 fully saturated rings. The fraction of sp³-hybridized carbons (Fsp3) is 0.421. The SMILES string of the molecule is O=C(NCC1COc2ccccc2O1)C1CCN(c2cccnn2)CC1. The molecule has 2 aliphatic rings. The summed E-state index contributed by atoms with van der Waals surface area (Å²) in [6.07, 6.45) is 3.13. The molecule has 0 radical (unpaired) electrons. The Labute approximate surface area is 152 Å². The molecule has 4 rings (SSSR count). The second-order valence-corrected chi connectivity index (χ2v) is 6.59. The summed E-state index contributed by atoms with van der Waals surface area (Å²) in [6.45, 7) is 2.53. The smallest absolute Gasteiger partial charge is 0.223 e. The molecular formula is C19H22N4O3. The van der Waals surface area contributed by atoms with Gasteiger partial charge in [0.25, 0.3) is 0 Å². The van der Waals surface area contributed by atoms with Crippen molar-refractivity contribution in [2.75, 3.05) is 31.1 Å². The molecule has 0 saturated carbocycles. The van der Waals surface area contributed by atoms with Gasteiger partial charge in [0.15, 0.2) is 17.3 Å². The van der Waals surface area contributed by atoms with E-state index in [2.05, 4.69) is 20.4 Å². The van der Waals surface area contributed by atoms with Crippen LogP contribution < -0.4 is 19.7 Å². The minimum Gasteiger partial charge on any atom is -0.486 e. The van der Waals surface area contributed by atoms with Gasteiger partial charge in [-0.3, -0.25) is 4.79 Å². The molecular weight excluding hydrogens is 332 g/mol. The van der Waals surface area contributed by atoms with Gasteiger partial charge < -0.3 is 19.7 Å². The van der Waals surface area contributed by atoms with Gasteiger partial charge in [-0.2, -0.15) is 5.10 Å². The number of hydrogen-bond donors (Lipinski definition) is 1. The Morgan fingerprint density at radius 1 is 1.15 bits per heavy atom. The first-order valence-corrected chi connectivity index (χ1v) is 8.98. The third-order valence-corrected chi connectivity index (χ3v) is 4.82. The molecule has 26 heavy (non-hydrogen) atoms. The van der Waals surface area contributed by atoms with Gasteiger partial charge >= 0.3 is 0 Å². The number of fused-ring (bicyclic) bond motifs is 1. The van der Waals surface area contributed by atoms with E-state index in [1.165, 1.54) is 0 Å². The molecule has 1 saturated heterocycles. The minimum atomic E-state index is -0.159.